The molecule has 0 spiro atoms. The molecule has 41 heavy (non-hydrogen) atoms. The molecule has 0 aromatic carbocycles. The van der Waals surface area contributed by atoms with E-state index < -0.39 is 43.4 Å². The highest BCUT2D eigenvalue weighted by Crippen LogP contribution is 2.17. The Morgan fingerprint density at radius 2 is 1.07 bits per heavy atom. The van der Waals surface area contributed by atoms with E-state index >= 15 is 0 Å². The van der Waals surface area contributed by atoms with Gasteiger partial charge < -0.3 is 14.6 Å². The highest BCUT2D eigenvalue weighted by atomic mass is 32.2. The summed E-state index contributed by atoms with van der Waals surface area (Å²) in [6.45, 7) is 16.2. The lowest BCUT2D eigenvalue weighted by Crippen LogP contribution is -2.42. The molecule has 236 valence electrons. The minimum atomic E-state index is -3.95. The zero-order valence-electron chi connectivity index (χ0n) is 25.2. The molecule has 0 saturated carbocycles. The predicted molar refractivity (Wildman–Crippen MR) is 161 cm³/mol. The Balaban J connectivity index is 5.40. The molecule has 0 fully saturated rings. The number of carbonyl (C=O) groups is 2. The van der Waals surface area contributed by atoms with E-state index in [0.717, 1.165) is 0 Å². The average Bonchev–Trinajstić information content (AvgIpc) is 2.82. The Hall–Kier alpha value is -2.64. The molecule has 0 saturated heterocycles. The van der Waals surface area contributed by atoms with Crippen LogP contribution in [0.3, 0.4) is 0 Å². The first-order valence-electron chi connectivity index (χ1n) is 13.4. The van der Waals surface area contributed by atoms with Crippen LogP contribution in [0.25, 0.3) is 0 Å². The first-order valence-corrected chi connectivity index (χ1v) is 16.6. The van der Waals surface area contributed by atoms with E-state index in [-0.39, 0.29) is 50.0 Å². The summed E-state index contributed by atoms with van der Waals surface area (Å²) in [7, 11) is -7.89. The van der Waals surface area contributed by atoms with Crippen molar-refractivity contribution in [1.29, 1.82) is 0 Å². The summed E-state index contributed by atoms with van der Waals surface area (Å²) in [5.41, 5.74) is -1.77. The topological polar surface area (TPSA) is 148 Å². The number of carbonyl (C=O) groups excluding carboxylic acids is 2. The lowest BCUT2D eigenvalue weighted by molar-refractivity contribution is 0.0391. The second-order valence-electron chi connectivity index (χ2n) is 11.3. The van der Waals surface area contributed by atoms with Crippen LogP contribution >= 0.6 is 0 Å². The van der Waals surface area contributed by atoms with Gasteiger partial charge in [0.15, 0.2) is 0 Å². The molecule has 0 heterocycles. The van der Waals surface area contributed by atoms with Crippen LogP contribution in [0, 0.1) is 5.92 Å². The van der Waals surface area contributed by atoms with E-state index in [2.05, 4.69) is 13.2 Å². The lowest BCUT2D eigenvalue weighted by Gasteiger charge is -2.26. The number of nitrogens with zero attached hydrogens (tertiary/aromatic N) is 2. The Morgan fingerprint density at radius 3 is 1.34 bits per heavy atom. The molecule has 0 aromatic heterocycles. The number of aliphatic hydroxyl groups excluding tert-OH is 1. The average molecular weight is 621 g/mol. The first kappa shape index (κ1) is 38.4. The molecule has 1 N–H and O–H groups in total. The van der Waals surface area contributed by atoms with Gasteiger partial charge in [-0.2, -0.15) is 0 Å². The fourth-order valence-electron chi connectivity index (χ4n) is 3.08. The van der Waals surface area contributed by atoms with Gasteiger partial charge in [0.1, 0.15) is 11.2 Å². The van der Waals surface area contributed by atoms with E-state index in [1.54, 1.807) is 53.7 Å². The van der Waals surface area contributed by atoms with Gasteiger partial charge >= 0.3 is 12.2 Å². The minimum absolute atomic E-state index is 0.172. The molecular weight excluding hydrogens is 572 g/mol. The standard InChI is InChI=1S/C28H48N2O9S2/c1-9-11-21-40(34,35)29(25(32)38-27(3,4)5)19-15-13-17-24(23-31)18-14-16-20-30(26(33)39-28(6,7)8)41(36,37)22-12-10-2/h9-10,13-16,24,31H,1-2,11-12,17-23H2,3-8H3/b15-13-,16-14-. The summed E-state index contributed by atoms with van der Waals surface area (Å²) in [5.74, 6) is -0.865. The number of hydrogen-bond donors (Lipinski definition) is 1. The maximum atomic E-state index is 12.7. The third-order valence-electron chi connectivity index (χ3n) is 5.10. The van der Waals surface area contributed by atoms with E-state index in [1.807, 2.05) is 0 Å². The van der Waals surface area contributed by atoms with E-state index in [9.17, 15) is 31.5 Å². The van der Waals surface area contributed by atoms with Crippen molar-refractivity contribution in [3.63, 3.8) is 0 Å². The maximum Gasteiger partial charge on any atom is 0.424 e. The summed E-state index contributed by atoms with van der Waals surface area (Å²) in [6, 6.07) is 0. The third-order valence-corrected chi connectivity index (χ3v) is 8.54. The van der Waals surface area contributed by atoms with Crippen molar-refractivity contribution in [3.8, 4) is 0 Å². The fourth-order valence-corrected chi connectivity index (χ4v) is 5.60. The molecule has 2 amide bonds. The molecule has 0 bridgehead atoms. The number of aliphatic hydroxyl groups is 1. The highest BCUT2D eigenvalue weighted by Gasteiger charge is 2.31. The number of hydrogen-bond acceptors (Lipinski definition) is 9. The molecule has 0 aliphatic carbocycles. The fraction of sp³-hybridized carbons (Fsp3) is 0.643. The zero-order valence-corrected chi connectivity index (χ0v) is 26.9. The number of amides is 2. The Kier molecular flexibility index (Phi) is 16.2. The van der Waals surface area contributed by atoms with E-state index in [1.165, 1.54) is 24.3 Å². The van der Waals surface area contributed by atoms with Crippen LogP contribution in [0.4, 0.5) is 9.59 Å². The zero-order chi connectivity index (χ0) is 31.9. The molecule has 0 aliphatic heterocycles. The van der Waals surface area contributed by atoms with Crippen molar-refractivity contribution in [2.75, 3.05) is 31.2 Å². The van der Waals surface area contributed by atoms with Crippen molar-refractivity contribution < 1.29 is 41.0 Å². The largest absolute Gasteiger partial charge is 0.443 e. The minimum Gasteiger partial charge on any atom is -0.443 e. The molecule has 13 heteroatoms. The van der Waals surface area contributed by atoms with Gasteiger partial charge in [-0.15, -0.1) is 13.2 Å². The van der Waals surface area contributed by atoms with Crippen molar-refractivity contribution in [2.45, 2.75) is 78.4 Å². The van der Waals surface area contributed by atoms with Crippen LogP contribution in [-0.2, 0) is 29.5 Å². The van der Waals surface area contributed by atoms with Crippen LogP contribution in [0.2, 0.25) is 0 Å². The second-order valence-corrected chi connectivity index (χ2v) is 15.3. The number of allylic oxidation sites excluding steroid dienone is 4. The molecule has 0 aromatic rings. The molecule has 11 nitrogen and oxygen atoms in total. The Morgan fingerprint density at radius 1 is 0.732 bits per heavy atom. The summed E-state index contributed by atoms with van der Waals surface area (Å²) in [6.07, 6.45) is 8.31. The highest BCUT2D eigenvalue weighted by molar-refractivity contribution is 7.89. The summed E-state index contributed by atoms with van der Waals surface area (Å²) < 4.78 is 62.6. The van der Waals surface area contributed by atoms with Gasteiger partial charge in [0.25, 0.3) is 0 Å². The summed E-state index contributed by atoms with van der Waals surface area (Å²) in [4.78, 5) is 25.1. The number of ether oxygens (including phenoxy) is 2. The molecule has 0 aliphatic rings. The summed E-state index contributed by atoms with van der Waals surface area (Å²) in [5, 5.41) is 9.78. The molecule has 0 atom stereocenters. The van der Waals surface area contributed by atoms with Crippen LogP contribution in [0.15, 0.2) is 49.6 Å². The molecule has 0 unspecified atom stereocenters. The Labute approximate surface area is 246 Å². The third kappa shape index (κ3) is 16.4. The Bertz CT molecular complexity index is 1040. The van der Waals surface area contributed by atoms with Crippen molar-refractivity contribution in [2.24, 2.45) is 5.92 Å². The van der Waals surface area contributed by atoms with Crippen LogP contribution in [0.5, 0.6) is 0 Å². The van der Waals surface area contributed by atoms with E-state index in [0.29, 0.717) is 21.5 Å². The number of sulfonamides is 2. The van der Waals surface area contributed by atoms with Crippen LogP contribution in [0.1, 0.15) is 67.2 Å². The van der Waals surface area contributed by atoms with E-state index in [4.69, 9.17) is 9.47 Å². The van der Waals surface area contributed by atoms with Gasteiger partial charge in [0.05, 0.1) is 24.6 Å². The van der Waals surface area contributed by atoms with Gasteiger partial charge in [0, 0.05) is 6.61 Å². The van der Waals surface area contributed by atoms with Gasteiger partial charge in [0.2, 0.25) is 20.0 Å². The monoisotopic (exact) mass is 620 g/mol. The van der Waals surface area contributed by atoms with Crippen molar-refractivity contribution in [1.82, 2.24) is 8.61 Å². The first-order chi connectivity index (χ1) is 18.8. The quantitative estimate of drug-likeness (QED) is 0.227. The SMILES string of the molecule is C=CCCS(=O)(=O)N(C/C=C\CC(CO)C/C=C\CN(C(=O)OC(C)(C)C)S(=O)(=O)CCC=C)C(=O)OC(C)(C)C. The van der Waals surface area contributed by atoms with Gasteiger partial charge in [-0.25, -0.2) is 35.0 Å². The predicted octanol–water partition coefficient (Wildman–Crippen LogP) is 4.77. The molecule has 0 rings (SSSR count). The van der Waals surface area contributed by atoms with Gasteiger partial charge in [-0.3, -0.25) is 0 Å². The van der Waals surface area contributed by atoms with Gasteiger partial charge in [-0.1, -0.05) is 36.5 Å². The summed E-state index contributed by atoms with van der Waals surface area (Å²) >= 11 is 0. The molecule has 0 radical (unpaired) electrons. The van der Waals surface area contributed by atoms with Crippen LogP contribution < -0.4 is 0 Å². The molecular formula is C28H48N2O9S2. The second kappa shape index (κ2) is 17.3. The number of rotatable bonds is 17. The lowest BCUT2D eigenvalue weighted by atomic mass is 10.0. The van der Waals surface area contributed by atoms with Crippen molar-refractivity contribution >= 4 is 32.2 Å². The smallest absolute Gasteiger partial charge is 0.424 e. The normalized spacial score (nSPS) is 13.0. The maximum absolute atomic E-state index is 12.7. The van der Waals surface area contributed by atoms with Crippen LogP contribution in [-0.4, -0.2) is 85.1 Å². The van der Waals surface area contributed by atoms with Gasteiger partial charge in [-0.05, 0) is 73.1 Å². The van der Waals surface area contributed by atoms with Crippen molar-refractivity contribution in [3.05, 3.63) is 49.6 Å².